The molecule has 5 nitrogen and oxygen atoms in total. The molecular formula is C24H25N3O2. The number of hydrogen-bond acceptors (Lipinski definition) is 3. The maximum atomic E-state index is 12.9. The van der Waals surface area contributed by atoms with Gasteiger partial charge in [-0.25, -0.2) is 0 Å². The number of carbonyl (C=O) groups is 2. The summed E-state index contributed by atoms with van der Waals surface area (Å²) in [6.07, 6.45) is 2.21. The van der Waals surface area contributed by atoms with Crippen molar-refractivity contribution < 1.29 is 9.59 Å². The summed E-state index contributed by atoms with van der Waals surface area (Å²) in [5, 5.41) is 5.85. The number of carbonyl (C=O) groups excluding carboxylic acids is 2. The zero-order valence-corrected chi connectivity index (χ0v) is 16.5. The monoisotopic (exact) mass is 387 g/mol. The quantitative estimate of drug-likeness (QED) is 0.582. The number of nitrogens with zero attached hydrogens (tertiary/aromatic N) is 1. The molecule has 0 unspecified atom stereocenters. The number of aryl methyl sites for hydroxylation is 1. The van der Waals surface area contributed by atoms with Crippen LogP contribution in [0.2, 0.25) is 0 Å². The zero-order valence-electron chi connectivity index (χ0n) is 16.5. The third kappa shape index (κ3) is 5.75. The molecule has 0 atom stereocenters. The van der Waals surface area contributed by atoms with Crippen molar-refractivity contribution in [1.82, 2.24) is 15.6 Å². The molecule has 0 bridgehead atoms. The van der Waals surface area contributed by atoms with Crippen LogP contribution in [0.15, 0.2) is 79.0 Å². The molecule has 3 aromatic rings. The van der Waals surface area contributed by atoms with E-state index >= 15 is 0 Å². The molecule has 0 radical (unpaired) electrons. The van der Waals surface area contributed by atoms with Gasteiger partial charge < -0.3 is 10.6 Å². The minimum Gasteiger partial charge on any atom is -0.355 e. The summed E-state index contributed by atoms with van der Waals surface area (Å²) in [7, 11) is 0. The lowest BCUT2D eigenvalue weighted by atomic mass is 9.90. The van der Waals surface area contributed by atoms with Crippen molar-refractivity contribution in [2.75, 3.05) is 13.1 Å². The largest absolute Gasteiger partial charge is 0.355 e. The molecule has 3 rings (SSSR count). The van der Waals surface area contributed by atoms with Gasteiger partial charge in [0.2, 0.25) is 5.91 Å². The molecule has 2 N–H and O–H groups in total. The SMILES string of the molecule is Cc1ccc(C(=O)NCCCNC(=O)C(c2ccccc2)c2ccccc2)cn1. The van der Waals surface area contributed by atoms with E-state index in [0.717, 1.165) is 16.8 Å². The second-order valence-corrected chi connectivity index (χ2v) is 6.84. The van der Waals surface area contributed by atoms with Gasteiger partial charge in [-0.1, -0.05) is 60.7 Å². The lowest BCUT2D eigenvalue weighted by molar-refractivity contribution is -0.121. The van der Waals surface area contributed by atoms with E-state index < -0.39 is 0 Å². The lowest BCUT2D eigenvalue weighted by Gasteiger charge is -2.18. The van der Waals surface area contributed by atoms with Crippen LogP contribution in [0.1, 0.15) is 39.5 Å². The molecule has 2 amide bonds. The molecule has 0 saturated carbocycles. The van der Waals surface area contributed by atoms with Gasteiger partial charge in [-0.15, -0.1) is 0 Å². The van der Waals surface area contributed by atoms with Crippen molar-refractivity contribution in [1.29, 1.82) is 0 Å². The van der Waals surface area contributed by atoms with Crippen molar-refractivity contribution in [2.45, 2.75) is 19.3 Å². The number of pyridine rings is 1. The van der Waals surface area contributed by atoms with Crippen LogP contribution in [0.5, 0.6) is 0 Å². The molecule has 5 heteroatoms. The van der Waals surface area contributed by atoms with Gasteiger partial charge in [-0.2, -0.15) is 0 Å². The van der Waals surface area contributed by atoms with E-state index in [1.54, 1.807) is 12.3 Å². The van der Waals surface area contributed by atoms with E-state index in [9.17, 15) is 9.59 Å². The molecule has 0 aliphatic carbocycles. The van der Waals surface area contributed by atoms with E-state index in [1.165, 1.54) is 0 Å². The summed E-state index contributed by atoms with van der Waals surface area (Å²) in [4.78, 5) is 29.1. The molecule has 29 heavy (non-hydrogen) atoms. The maximum Gasteiger partial charge on any atom is 0.252 e. The molecule has 1 aromatic heterocycles. The maximum absolute atomic E-state index is 12.9. The number of amides is 2. The van der Waals surface area contributed by atoms with Gasteiger partial charge in [-0.05, 0) is 36.6 Å². The van der Waals surface area contributed by atoms with Gasteiger partial charge >= 0.3 is 0 Å². The molecule has 0 fully saturated rings. The minimum atomic E-state index is -0.356. The van der Waals surface area contributed by atoms with Crippen molar-refractivity contribution in [3.05, 3.63) is 101 Å². The number of nitrogens with one attached hydrogen (secondary N) is 2. The summed E-state index contributed by atoms with van der Waals surface area (Å²) < 4.78 is 0. The van der Waals surface area contributed by atoms with E-state index in [2.05, 4.69) is 15.6 Å². The number of benzene rings is 2. The van der Waals surface area contributed by atoms with E-state index in [-0.39, 0.29) is 17.7 Å². The fourth-order valence-corrected chi connectivity index (χ4v) is 3.09. The van der Waals surface area contributed by atoms with E-state index in [0.29, 0.717) is 25.1 Å². The number of aromatic nitrogens is 1. The van der Waals surface area contributed by atoms with Crippen molar-refractivity contribution in [3.8, 4) is 0 Å². The molecule has 0 spiro atoms. The average molecular weight is 387 g/mol. The molecular weight excluding hydrogens is 362 g/mol. The number of hydrogen-bond donors (Lipinski definition) is 2. The fraction of sp³-hybridized carbons (Fsp3) is 0.208. The smallest absolute Gasteiger partial charge is 0.252 e. The van der Waals surface area contributed by atoms with Crippen molar-refractivity contribution in [2.24, 2.45) is 0 Å². The Morgan fingerprint density at radius 2 is 1.41 bits per heavy atom. The standard InChI is InChI=1S/C24H25N3O2/c1-18-13-14-21(17-27-18)23(28)25-15-8-16-26-24(29)22(19-9-4-2-5-10-19)20-11-6-3-7-12-20/h2-7,9-14,17,22H,8,15-16H2,1H3,(H,25,28)(H,26,29). The van der Waals surface area contributed by atoms with Crippen LogP contribution in [-0.2, 0) is 4.79 Å². The van der Waals surface area contributed by atoms with E-state index in [4.69, 9.17) is 0 Å². The second kappa shape index (κ2) is 10.2. The van der Waals surface area contributed by atoms with Gasteiger partial charge in [0.15, 0.2) is 0 Å². The zero-order chi connectivity index (χ0) is 20.5. The fourth-order valence-electron chi connectivity index (χ4n) is 3.09. The highest BCUT2D eigenvalue weighted by atomic mass is 16.2. The molecule has 148 valence electrons. The Morgan fingerprint density at radius 3 is 1.97 bits per heavy atom. The Kier molecular flexibility index (Phi) is 7.11. The molecule has 0 aliphatic heterocycles. The highest BCUT2D eigenvalue weighted by Gasteiger charge is 2.21. The first-order valence-electron chi connectivity index (χ1n) is 9.73. The molecule has 1 heterocycles. The van der Waals surface area contributed by atoms with Crippen LogP contribution in [0.25, 0.3) is 0 Å². The summed E-state index contributed by atoms with van der Waals surface area (Å²) in [5.41, 5.74) is 3.32. The average Bonchev–Trinajstić information content (AvgIpc) is 2.75. The van der Waals surface area contributed by atoms with Crippen LogP contribution in [0, 0.1) is 6.92 Å². The Morgan fingerprint density at radius 1 is 0.828 bits per heavy atom. The molecule has 0 saturated heterocycles. The Balaban J connectivity index is 1.51. The Bertz CT molecular complexity index is 886. The van der Waals surface area contributed by atoms with E-state index in [1.807, 2.05) is 73.7 Å². The summed E-state index contributed by atoms with van der Waals surface area (Å²) in [6.45, 7) is 2.85. The summed E-state index contributed by atoms with van der Waals surface area (Å²) in [6, 6.07) is 23.1. The van der Waals surface area contributed by atoms with Crippen molar-refractivity contribution in [3.63, 3.8) is 0 Å². The summed E-state index contributed by atoms with van der Waals surface area (Å²) in [5.74, 6) is -0.558. The van der Waals surface area contributed by atoms with Crippen LogP contribution >= 0.6 is 0 Å². The third-order valence-electron chi connectivity index (χ3n) is 4.64. The van der Waals surface area contributed by atoms with Gasteiger partial charge in [0, 0.05) is 25.0 Å². The first kappa shape index (κ1) is 20.3. The van der Waals surface area contributed by atoms with Crippen LogP contribution < -0.4 is 10.6 Å². The van der Waals surface area contributed by atoms with Crippen LogP contribution in [0.4, 0.5) is 0 Å². The van der Waals surface area contributed by atoms with Gasteiger partial charge in [0.25, 0.3) is 5.91 Å². The topological polar surface area (TPSA) is 71.1 Å². The summed E-state index contributed by atoms with van der Waals surface area (Å²) >= 11 is 0. The Hall–Kier alpha value is -3.47. The van der Waals surface area contributed by atoms with Gasteiger partial charge in [0.05, 0.1) is 11.5 Å². The second-order valence-electron chi connectivity index (χ2n) is 6.84. The molecule has 0 aliphatic rings. The van der Waals surface area contributed by atoms with Crippen LogP contribution in [-0.4, -0.2) is 29.9 Å². The third-order valence-corrected chi connectivity index (χ3v) is 4.64. The Labute approximate surface area is 171 Å². The highest BCUT2D eigenvalue weighted by Crippen LogP contribution is 2.24. The highest BCUT2D eigenvalue weighted by molar-refractivity contribution is 5.93. The number of rotatable bonds is 8. The predicted octanol–water partition coefficient (Wildman–Crippen LogP) is 3.46. The van der Waals surface area contributed by atoms with Gasteiger partial charge in [-0.3, -0.25) is 14.6 Å². The first-order valence-corrected chi connectivity index (χ1v) is 9.73. The van der Waals surface area contributed by atoms with Gasteiger partial charge in [0.1, 0.15) is 0 Å². The van der Waals surface area contributed by atoms with Crippen LogP contribution in [0.3, 0.4) is 0 Å². The molecule has 2 aromatic carbocycles. The van der Waals surface area contributed by atoms with Crippen molar-refractivity contribution >= 4 is 11.8 Å². The minimum absolute atomic E-state index is 0.0449. The first-order chi connectivity index (χ1) is 14.1. The predicted molar refractivity (Wildman–Crippen MR) is 114 cm³/mol. The normalized spacial score (nSPS) is 10.6. The lowest BCUT2D eigenvalue weighted by Crippen LogP contribution is -2.33.